The van der Waals surface area contributed by atoms with E-state index in [9.17, 15) is 4.79 Å². The number of hydrogen-bond acceptors (Lipinski definition) is 4. The Morgan fingerprint density at radius 1 is 0.971 bits per heavy atom. The van der Waals surface area contributed by atoms with Gasteiger partial charge in [-0.25, -0.2) is 4.98 Å². The number of imidazole rings is 1. The van der Waals surface area contributed by atoms with Crippen molar-refractivity contribution in [1.29, 1.82) is 0 Å². The minimum atomic E-state index is -0.219. The predicted octanol–water partition coefficient (Wildman–Crippen LogP) is 5.07. The van der Waals surface area contributed by atoms with Crippen LogP contribution in [0.2, 0.25) is 5.02 Å². The summed E-state index contributed by atoms with van der Waals surface area (Å²) in [6.45, 7) is 4.61. The van der Waals surface area contributed by atoms with Crippen molar-refractivity contribution in [2.75, 3.05) is 6.54 Å². The average molecular weight is 473 g/mol. The van der Waals surface area contributed by atoms with Gasteiger partial charge in [-0.15, -0.1) is 10.2 Å². The van der Waals surface area contributed by atoms with Crippen LogP contribution < -0.4 is 5.32 Å². The summed E-state index contributed by atoms with van der Waals surface area (Å²) in [6.07, 6.45) is 3.75. The highest BCUT2D eigenvalue weighted by Gasteiger charge is 2.12. The number of H-pyrrole nitrogens is 1. The first kappa shape index (κ1) is 23.2. The van der Waals surface area contributed by atoms with Crippen LogP contribution in [0, 0.1) is 13.8 Å². The van der Waals surface area contributed by atoms with Crippen LogP contribution in [0.5, 0.6) is 0 Å². The van der Waals surface area contributed by atoms with Gasteiger partial charge in [-0.3, -0.25) is 9.36 Å². The Kier molecular flexibility index (Phi) is 7.34. The maximum absolute atomic E-state index is 12.5. The number of aryl methyl sites for hydroxylation is 2. The molecule has 0 radical (unpaired) electrons. The lowest BCUT2D eigenvalue weighted by molar-refractivity contribution is 0.0954. The molecular formula is C26H25ClN6O. The molecule has 5 aromatic rings. The van der Waals surface area contributed by atoms with E-state index in [1.165, 1.54) is 11.1 Å². The molecule has 0 spiro atoms. The van der Waals surface area contributed by atoms with Crippen LogP contribution in [0.1, 0.15) is 27.3 Å². The third-order valence-corrected chi connectivity index (χ3v) is 5.69. The average Bonchev–Trinajstić information content (AvgIpc) is 3.51. The second kappa shape index (κ2) is 10.8. The first-order valence-corrected chi connectivity index (χ1v) is 11.3. The summed E-state index contributed by atoms with van der Waals surface area (Å²) in [5.41, 5.74) is 5.60. The molecule has 172 valence electrons. The van der Waals surface area contributed by atoms with Crippen LogP contribution >= 0.6 is 11.6 Å². The molecule has 0 fully saturated rings. The number of rotatable bonds is 5. The van der Waals surface area contributed by atoms with Crippen molar-refractivity contribution in [1.82, 2.24) is 30.0 Å². The number of nitrogens with zero attached hydrogens (tertiary/aromatic N) is 4. The van der Waals surface area contributed by atoms with E-state index in [1.807, 2.05) is 36.4 Å². The van der Waals surface area contributed by atoms with Crippen molar-refractivity contribution in [3.63, 3.8) is 0 Å². The third kappa shape index (κ3) is 5.68. The van der Waals surface area contributed by atoms with Gasteiger partial charge in [-0.2, -0.15) is 0 Å². The monoisotopic (exact) mass is 472 g/mol. The molecular weight excluding hydrogens is 448 g/mol. The van der Waals surface area contributed by atoms with E-state index in [2.05, 4.69) is 51.5 Å². The highest BCUT2D eigenvalue weighted by Crippen LogP contribution is 2.20. The molecule has 0 aliphatic heterocycles. The smallest absolute Gasteiger partial charge is 0.252 e. The second-order valence-electron chi connectivity index (χ2n) is 7.83. The summed E-state index contributed by atoms with van der Waals surface area (Å²) in [6, 6.07) is 21.4. The van der Waals surface area contributed by atoms with E-state index in [0.717, 1.165) is 22.5 Å². The third-order valence-electron chi connectivity index (χ3n) is 5.37. The van der Waals surface area contributed by atoms with Gasteiger partial charge in [0.15, 0.2) is 0 Å². The summed E-state index contributed by atoms with van der Waals surface area (Å²) in [7, 11) is 0. The lowest BCUT2D eigenvalue weighted by Crippen LogP contribution is -2.26. The molecule has 0 unspecified atom stereocenters. The molecule has 0 saturated carbocycles. The fraction of sp³-hybridized carbons (Fsp3) is 0.154. The van der Waals surface area contributed by atoms with E-state index in [1.54, 1.807) is 35.4 Å². The van der Waals surface area contributed by atoms with E-state index in [0.29, 0.717) is 23.6 Å². The molecule has 2 heterocycles. The number of aromatic nitrogens is 5. The molecule has 1 amide bonds. The Morgan fingerprint density at radius 2 is 1.62 bits per heavy atom. The number of hydrogen-bond donors (Lipinski definition) is 2. The molecule has 7 nitrogen and oxygen atoms in total. The summed E-state index contributed by atoms with van der Waals surface area (Å²) in [4.78, 5) is 20.4. The Balaban J connectivity index is 0.000000398. The van der Waals surface area contributed by atoms with Crippen LogP contribution in [0.3, 0.4) is 0 Å². The zero-order chi connectivity index (χ0) is 23.9. The zero-order valence-electron chi connectivity index (χ0n) is 19.0. The first-order valence-electron chi connectivity index (χ1n) is 10.9. The zero-order valence-corrected chi connectivity index (χ0v) is 19.8. The van der Waals surface area contributed by atoms with Gasteiger partial charge in [-0.05, 0) is 55.3 Å². The summed E-state index contributed by atoms with van der Waals surface area (Å²) in [5, 5.41) is 10.8. The molecule has 8 heteroatoms. The fourth-order valence-corrected chi connectivity index (χ4v) is 3.66. The van der Waals surface area contributed by atoms with Gasteiger partial charge in [0.05, 0.1) is 21.6 Å². The van der Waals surface area contributed by atoms with Gasteiger partial charge in [-0.1, -0.05) is 48.0 Å². The Bertz CT molecular complexity index is 1310. The van der Waals surface area contributed by atoms with E-state index in [4.69, 9.17) is 11.6 Å². The highest BCUT2D eigenvalue weighted by atomic mass is 35.5. The van der Waals surface area contributed by atoms with Gasteiger partial charge in [0.2, 0.25) is 0 Å². The topological polar surface area (TPSA) is 88.5 Å². The maximum Gasteiger partial charge on any atom is 0.252 e. The maximum atomic E-state index is 12.5. The lowest BCUT2D eigenvalue weighted by Gasteiger charge is -2.08. The highest BCUT2D eigenvalue weighted by molar-refractivity contribution is 6.34. The SMILES string of the molecule is Cc1cc2nc(CCNC(=O)c3ccc(-n4cnnc4)cc3Cl)[nH]c2cc1C.c1ccccc1. The Hall–Kier alpha value is -3.97. The van der Waals surface area contributed by atoms with E-state index < -0.39 is 0 Å². The minimum Gasteiger partial charge on any atom is -0.352 e. The van der Waals surface area contributed by atoms with Gasteiger partial charge in [0.1, 0.15) is 18.5 Å². The summed E-state index contributed by atoms with van der Waals surface area (Å²) in [5.74, 6) is 0.623. The summed E-state index contributed by atoms with van der Waals surface area (Å²) >= 11 is 6.29. The van der Waals surface area contributed by atoms with Crippen LogP contribution in [-0.4, -0.2) is 37.2 Å². The minimum absolute atomic E-state index is 0.219. The number of amides is 1. The molecule has 0 bridgehead atoms. The number of aromatic amines is 1. The molecule has 0 aliphatic rings. The molecule has 2 aromatic heterocycles. The number of fused-ring (bicyclic) bond motifs is 1. The van der Waals surface area contributed by atoms with Crippen molar-refractivity contribution >= 4 is 28.5 Å². The van der Waals surface area contributed by atoms with Crippen LogP contribution in [-0.2, 0) is 6.42 Å². The van der Waals surface area contributed by atoms with Crippen molar-refractivity contribution < 1.29 is 4.79 Å². The molecule has 3 aromatic carbocycles. The summed E-state index contributed by atoms with van der Waals surface area (Å²) < 4.78 is 1.72. The Morgan fingerprint density at radius 3 is 2.26 bits per heavy atom. The van der Waals surface area contributed by atoms with Gasteiger partial charge < -0.3 is 10.3 Å². The molecule has 34 heavy (non-hydrogen) atoms. The normalized spacial score (nSPS) is 10.6. The standard InChI is InChI=1S/C20H19ClN6O.C6H6/c1-12-7-17-18(8-13(12)2)26-19(25-17)5-6-22-20(28)15-4-3-14(9-16(15)21)27-10-23-24-11-27;1-2-4-6-5-3-1/h3-4,7-11H,5-6H2,1-2H3,(H,22,28)(H,25,26);1-6H. The van der Waals surface area contributed by atoms with Crippen LogP contribution in [0.15, 0.2) is 79.4 Å². The molecule has 0 atom stereocenters. The van der Waals surface area contributed by atoms with Crippen LogP contribution in [0.25, 0.3) is 16.7 Å². The molecule has 0 saturated heterocycles. The molecule has 5 rings (SSSR count). The van der Waals surface area contributed by atoms with Gasteiger partial charge in [0.25, 0.3) is 5.91 Å². The molecule has 0 aliphatic carbocycles. The number of halogens is 1. The second-order valence-corrected chi connectivity index (χ2v) is 8.24. The number of carbonyl (C=O) groups excluding carboxylic acids is 1. The first-order chi connectivity index (χ1) is 16.5. The number of nitrogens with one attached hydrogen (secondary N) is 2. The van der Waals surface area contributed by atoms with Crippen molar-refractivity contribution in [2.45, 2.75) is 20.3 Å². The van der Waals surface area contributed by atoms with E-state index >= 15 is 0 Å². The van der Waals surface area contributed by atoms with Crippen LogP contribution in [0.4, 0.5) is 0 Å². The Labute approximate surface area is 202 Å². The number of carbonyl (C=O) groups is 1. The predicted molar refractivity (Wildman–Crippen MR) is 134 cm³/mol. The largest absolute Gasteiger partial charge is 0.352 e. The van der Waals surface area contributed by atoms with Crippen molar-refractivity contribution in [3.05, 3.63) is 107 Å². The quantitative estimate of drug-likeness (QED) is 0.373. The fourth-order valence-electron chi connectivity index (χ4n) is 3.40. The van der Waals surface area contributed by atoms with Crippen molar-refractivity contribution in [2.24, 2.45) is 0 Å². The van der Waals surface area contributed by atoms with E-state index in [-0.39, 0.29) is 5.91 Å². The molecule has 2 N–H and O–H groups in total. The lowest BCUT2D eigenvalue weighted by atomic mass is 10.1. The van der Waals surface area contributed by atoms with Crippen molar-refractivity contribution in [3.8, 4) is 5.69 Å². The number of benzene rings is 3. The van der Waals surface area contributed by atoms with Gasteiger partial charge in [0, 0.05) is 18.7 Å². The van der Waals surface area contributed by atoms with Gasteiger partial charge >= 0.3 is 0 Å².